The number of rotatable bonds is 7. The number of hydrogen-bond donors (Lipinski definition) is 1. The summed E-state index contributed by atoms with van der Waals surface area (Å²) in [5, 5.41) is 7.34. The fourth-order valence-electron chi connectivity index (χ4n) is 2.88. The molecule has 2 amide bonds. The number of carbonyl (C=O) groups excluding carboxylic acids is 2. The van der Waals surface area contributed by atoms with Crippen molar-refractivity contribution in [3.05, 3.63) is 71.9 Å². The van der Waals surface area contributed by atoms with E-state index in [1.165, 1.54) is 0 Å². The van der Waals surface area contributed by atoms with Gasteiger partial charge in [-0.1, -0.05) is 44.2 Å². The Kier molecular flexibility index (Phi) is 6.51. The van der Waals surface area contributed by atoms with E-state index in [0.29, 0.717) is 12.4 Å². The van der Waals surface area contributed by atoms with E-state index in [2.05, 4.69) is 10.4 Å². The number of amides is 2. The number of hydrogen-bond acceptors (Lipinski definition) is 4. The molecule has 30 heavy (non-hydrogen) atoms. The van der Waals surface area contributed by atoms with Gasteiger partial charge in [-0.15, -0.1) is 0 Å². The van der Waals surface area contributed by atoms with Gasteiger partial charge in [-0.2, -0.15) is 5.10 Å². The molecule has 1 heterocycles. The van der Waals surface area contributed by atoms with E-state index in [-0.39, 0.29) is 23.4 Å². The minimum atomic E-state index is -0.236. The Bertz CT molecular complexity index is 1010. The van der Waals surface area contributed by atoms with Crippen molar-refractivity contribution in [2.75, 3.05) is 19.5 Å². The predicted octanol–water partition coefficient (Wildman–Crippen LogP) is 3.75. The van der Waals surface area contributed by atoms with Gasteiger partial charge in [0.15, 0.2) is 5.69 Å². The Balaban J connectivity index is 1.85. The van der Waals surface area contributed by atoms with Gasteiger partial charge in [0, 0.05) is 25.6 Å². The van der Waals surface area contributed by atoms with Gasteiger partial charge in [0.2, 0.25) is 5.91 Å². The molecule has 0 spiro atoms. The molecule has 0 aliphatic heterocycles. The second-order valence-electron chi connectivity index (χ2n) is 7.32. The van der Waals surface area contributed by atoms with Crippen LogP contribution in [0, 0.1) is 5.92 Å². The number of benzene rings is 2. The second-order valence-corrected chi connectivity index (χ2v) is 7.32. The SMILES string of the molecule is COc1ccc(CN(C)C(=O)c2cc(NC(=O)C(C)C)n(-c3ccccc3)n2)cc1. The van der Waals surface area contributed by atoms with Crippen LogP contribution in [-0.4, -0.2) is 40.7 Å². The number of methoxy groups -OCH3 is 1. The molecular formula is C23H26N4O3. The van der Waals surface area contributed by atoms with Crippen LogP contribution in [-0.2, 0) is 11.3 Å². The van der Waals surface area contributed by atoms with Crippen LogP contribution in [0.25, 0.3) is 5.69 Å². The first kappa shape index (κ1) is 21.1. The standard InChI is InChI=1S/C23H26N4O3/c1-16(2)22(28)24-21-14-20(25-27(21)18-8-6-5-7-9-18)23(29)26(3)15-17-10-12-19(30-4)13-11-17/h5-14,16H,15H2,1-4H3,(H,24,28). The first-order valence-corrected chi connectivity index (χ1v) is 9.73. The molecule has 1 N–H and O–H groups in total. The average Bonchev–Trinajstić information content (AvgIpc) is 3.17. The number of ether oxygens (including phenoxy) is 1. The highest BCUT2D eigenvalue weighted by molar-refractivity contribution is 5.96. The Labute approximate surface area is 176 Å². The predicted molar refractivity (Wildman–Crippen MR) is 116 cm³/mol. The van der Waals surface area contributed by atoms with Crippen molar-refractivity contribution in [1.82, 2.24) is 14.7 Å². The van der Waals surface area contributed by atoms with E-state index in [9.17, 15) is 9.59 Å². The molecule has 3 aromatic rings. The lowest BCUT2D eigenvalue weighted by molar-refractivity contribution is -0.118. The molecule has 7 heteroatoms. The lowest BCUT2D eigenvalue weighted by Crippen LogP contribution is -2.26. The molecule has 0 aliphatic carbocycles. The number of carbonyl (C=O) groups is 2. The van der Waals surface area contributed by atoms with Crippen molar-refractivity contribution >= 4 is 17.6 Å². The van der Waals surface area contributed by atoms with Crippen molar-refractivity contribution < 1.29 is 14.3 Å². The second kappa shape index (κ2) is 9.26. The van der Waals surface area contributed by atoms with E-state index in [0.717, 1.165) is 17.0 Å². The molecule has 156 valence electrons. The van der Waals surface area contributed by atoms with Gasteiger partial charge >= 0.3 is 0 Å². The van der Waals surface area contributed by atoms with E-state index >= 15 is 0 Å². The third kappa shape index (κ3) is 4.86. The molecule has 0 saturated heterocycles. The van der Waals surface area contributed by atoms with Gasteiger partial charge in [-0.3, -0.25) is 9.59 Å². The number of nitrogens with one attached hydrogen (secondary N) is 1. The number of nitrogens with zero attached hydrogens (tertiary/aromatic N) is 3. The van der Waals surface area contributed by atoms with E-state index < -0.39 is 0 Å². The van der Waals surface area contributed by atoms with Crippen LogP contribution in [0.3, 0.4) is 0 Å². The van der Waals surface area contributed by atoms with Gasteiger partial charge < -0.3 is 15.0 Å². The first-order chi connectivity index (χ1) is 14.4. The van der Waals surface area contributed by atoms with Crippen LogP contribution < -0.4 is 10.1 Å². The highest BCUT2D eigenvalue weighted by Crippen LogP contribution is 2.20. The summed E-state index contributed by atoms with van der Waals surface area (Å²) in [6, 6.07) is 18.5. The Morgan fingerprint density at radius 1 is 1.10 bits per heavy atom. The summed E-state index contributed by atoms with van der Waals surface area (Å²) in [4.78, 5) is 26.8. The molecule has 0 radical (unpaired) electrons. The van der Waals surface area contributed by atoms with Crippen LogP contribution in [0.15, 0.2) is 60.7 Å². The minimum Gasteiger partial charge on any atom is -0.497 e. The molecule has 3 rings (SSSR count). The zero-order valence-corrected chi connectivity index (χ0v) is 17.6. The van der Waals surface area contributed by atoms with Gasteiger partial charge in [-0.25, -0.2) is 4.68 Å². The van der Waals surface area contributed by atoms with Gasteiger partial charge in [0.1, 0.15) is 11.6 Å². The lowest BCUT2D eigenvalue weighted by Gasteiger charge is -2.16. The summed E-state index contributed by atoms with van der Waals surface area (Å²) < 4.78 is 6.75. The zero-order chi connectivity index (χ0) is 21.7. The number of anilines is 1. The van der Waals surface area contributed by atoms with Gasteiger partial charge in [0.05, 0.1) is 12.8 Å². The fraction of sp³-hybridized carbons (Fsp3) is 0.261. The van der Waals surface area contributed by atoms with Crippen molar-refractivity contribution in [3.63, 3.8) is 0 Å². The number of aromatic nitrogens is 2. The largest absolute Gasteiger partial charge is 0.497 e. The van der Waals surface area contributed by atoms with Crippen LogP contribution in [0.2, 0.25) is 0 Å². The highest BCUT2D eigenvalue weighted by atomic mass is 16.5. The lowest BCUT2D eigenvalue weighted by atomic mass is 10.2. The smallest absolute Gasteiger partial charge is 0.274 e. The summed E-state index contributed by atoms with van der Waals surface area (Å²) >= 11 is 0. The number of para-hydroxylation sites is 1. The normalized spacial score (nSPS) is 10.7. The first-order valence-electron chi connectivity index (χ1n) is 9.73. The molecule has 0 unspecified atom stereocenters. The summed E-state index contributed by atoms with van der Waals surface area (Å²) in [6.45, 7) is 4.05. The van der Waals surface area contributed by atoms with Crippen molar-refractivity contribution in [2.24, 2.45) is 5.92 Å². The summed E-state index contributed by atoms with van der Waals surface area (Å²) in [6.07, 6.45) is 0. The molecule has 0 saturated carbocycles. The molecular weight excluding hydrogens is 380 g/mol. The van der Waals surface area contributed by atoms with Crippen LogP contribution in [0.5, 0.6) is 5.75 Å². The molecule has 7 nitrogen and oxygen atoms in total. The molecule has 0 aliphatic rings. The Morgan fingerprint density at radius 3 is 2.37 bits per heavy atom. The summed E-state index contributed by atoms with van der Waals surface area (Å²) in [7, 11) is 3.34. The third-order valence-corrected chi connectivity index (χ3v) is 4.63. The monoisotopic (exact) mass is 406 g/mol. The van der Waals surface area contributed by atoms with Crippen LogP contribution in [0.1, 0.15) is 29.9 Å². The molecule has 0 bridgehead atoms. The van der Waals surface area contributed by atoms with E-state index in [1.807, 2.05) is 68.4 Å². The van der Waals surface area contributed by atoms with E-state index in [4.69, 9.17) is 4.74 Å². The Morgan fingerprint density at radius 2 is 1.77 bits per heavy atom. The van der Waals surface area contributed by atoms with Gasteiger partial charge in [0.25, 0.3) is 5.91 Å². The van der Waals surface area contributed by atoms with Gasteiger partial charge in [-0.05, 0) is 29.8 Å². The minimum absolute atomic E-state index is 0.141. The maximum absolute atomic E-state index is 13.0. The zero-order valence-electron chi connectivity index (χ0n) is 17.6. The maximum atomic E-state index is 13.0. The maximum Gasteiger partial charge on any atom is 0.274 e. The van der Waals surface area contributed by atoms with Crippen LogP contribution in [0.4, 0.5) is 5.82 Å². The van der Waals surface area contributed by atoms with Crippen molar-refractivity contribution in [3.8, 4) is 11.4 Å². The molecule has 1 aromatic heterocycles. The summed E-state index contributed by atoms with van der Waals surface area (Å²) in [5.41, 5.74) is 1.99. The highest BCUT2D eigenvalue weighted by Gasteiger charge is 2.21. The molecule has 2 aromatic carbocycles. The Hall–Kier alpha value is -3.61. The average molecular weight is 406 g/mol. The van der Waals surface area contributed by atoms with Crippen molar-refractivity contribution in [2.45, 2.75) is 20.4 Å². The molecule has 0 atom stereocenters. The molecule has 0 fully saturated rings. The van der Waals surface area contributed by atoms with Crippen molar-refractivity contribution in [1.29, 1.82) is 0 Å². The third-order valence-electron chi connectivity index (χ3n) is 4.63. The van der Waals surface area contributed by atoms with Crippen LogP contribution >= 0.6 is 0 Å². The van der Waals surface area contributed by atoms with E-state index in [1.54, 1.807) is 29.8 Å². The fourth-order valence-corrected chi connectivity index (χ4v) is 2.88. The quantitative estimate of drug-likeness (QED) is 0.648. The topological polar surface area (TPSA) is 76.5 Å². The summed E-state index contributed by atoms with van der Waals surface area (Å²) in [5.74, 6) is 0.653.